The molecule has 0 fully saturated rings. The Hall–Kier alpha value is -1.69. The van der Waals surface area contributed by atoms with E-state index in [0.717, 1.165) is 29.4 Å². The van der Waals surface area contributed by atoms with E-state index < -0.39 is 0 Å². The fraction of sp³-hybridized carbons (Fsp3) is 0.222. The first-order valence-electron chi connectivity index (χ1n) is 7.42. The van der Waals surface area contributed by atoms with Gasteiger partial charge in [0.15, 0.2) is 0 Å². The number of halogens is 1. The van der Waals surface area contributed by atoms with Gasteiger partial charge in [-0.05, 0) is 72.2 Å². The molecule has 0 spiro atoms. The van der Waals surface area contributed by atoms with Crippen molar-refractivity contribution >= 4 is 39.2 Å². The number of nitrogens with one attached hydrogen (secondary N) is 1. The summed E-state index contributed by atoms with van der Waals surface area (Å²) in [6.07, 6.45) is 7.66. The molecular weight excluding hydrogens is 385 g/mol. The Morgan fingerprint density at radius 2 is 1.91 bits per heavy atom. The molecule has 0 radical (unpaired) electrons. The quantitative estimate of drug-likeness (QED) is 0.630. The first-order valence-corrected chi connectivity index (χ1v) is 8.50. The highest BCUT2D eigenvalue weighted by molar-refractivity contribution is 14.1. The van der Waals surface area contributed by atoms with Crippen LogP contribution in [0.3, 0.4) is 0 Å². The minimum Gasteiger partial charge on any atom is -0.382 e. The first kappa shape index (κ1) is 15.2. The van der Waals surface area contributed by atoms with Gasteiger partial charge in [0, 0.05) is 39.3 Å². The third-order valence-corrected chi connectivity index (χ3v) is 4.44. The van der Waals surface area contributed by atoms with E-state index in [9.17, 15) is 0 Å². The van der Waals surface area contributed by atoms with Gasteiger partial charge in [0.2, 0.25) is 0 Å². The predicted octanol–water partition coefficient (Wildman–Crippen LogP) is 4.67. The van der Waals surface area contributed by atoms with Crippen molar-refractivity contribution in [3.63, 3.8) is 0 Å². The van der Waals surface area contributed by atoms with Crippen LogP contribution in [-0.2, 0) is 6.42 Å². The van der Waals surface area contributed by atoms with Gasteiger partial charge < -0.3 is 5.32 Å². The molecule has 1 atom stereocenters. The zero-order valence-electron chi connectivity index (χ0n) is 12.5. The molecule has 4 heteroatoms. The fourth-order valence-electron chi connectivity index (χ4n) is 2.49. The van der Waals surface area contributed by atoms with E-state index in [2.05, 4.69) is 69.1 Å². The lowest BCUT2D eigenvalue weighted by atomic mass is 10.1. The minimum atomic E-state index is 0.394. The summed E-state index contributed by atoms with van der Waals surface area (Å²) >= 11 is 2.34. The van der Waals surface area contributed by atoms with Crippen LogP contribution in [-0.4, -0.2) is 16.0 Å². The molecule has 0 aliphatic carbocycles. The van der Waals surface area contributed by atoms with E-state index in [1.54, 1.807) is 6.20 Å². The van der Waals surface area contributed by atoms with Crippen molar-refractivity contribution in [3.8, 4) is 0 Å². The lowest BCUT2D eigenvalue weighted by Gasteiger charge is -2.16. The van der Waals surface area contributed by atoms with Crippen LogP contribution in [0.4, 0.5) is 5.69 Å². The molecule has 0 aliphatic rings. The summed E-state index contributed by atoms with van der Waals surface area (Å²) in [6.45, 7) is 2.22. The molecule has 0 amide bonds. The molecule has 22 heavy (non-hydrogen) atoms. The number of aryl methyl sites for hydroxylation is 1. The number of hydrogen-bond acceptors (Lipinski definition) is 3. The van der Waals surface area contributed by atoms with Gasteiger partial charge in [-0.25, -0.2) is 0 Å². The van der Waals surface area contributed by atoms with Crippen molar-refractivity contribution in [2.45, 2.75) is 25.8 Å². The molecule has 0 saturated carbocycles. The van der Waals surface area contributed by atoms with Crippen LogP contribution in [0.15, 0.2) is 55.0 Å². The van der Waals surface area contributed by atoms with E-state index in [1.807, 2.05) is 24.5 Å². The number of anilines is 1. The molecule has 112 valence electrons. The lowest BCUT2D eigenvalue weighted by molar-refractivity contribution is 0.707. The topological polar surface area (TPSA) is 37.8 Å². The molecule has 1 unspecified atom stereocenters. The number of rotatable bonds is 5. The Morgan fingerprint density at radius 3 is 2.73 bits per heavy atom. The SMILES string of the molecule is CC(CCc1ccc(I)cc1)Nc1ccnc2ccncc12. The molecule has 1 N–H and O–H groups in total. The zero-order chi connectivity index (χ0) is 15.4. The summed E-state index contributed by atoms with van der Waals surface area (Å²) in [5, 5.41) is 4.66. The smallest absolute Gasteiger partial charge is 0.0753 e. The molecule has 0 aliphatic heterocycles. The Balaban J connectivity index is 1.65. The third kappa shape index (κ3) is 3.74. The largest absolute Gasteiger partial charge is 0.382 e. The average Bonchev–Trinajstić information content (AvgIpc) is 2.55. The molecular formula is C18H18IN3. The van der Waals surface area contributed by atoms with E-state index in [-0.39, 0.29) is 0 Å². The van der Waals surface area contributed by atoms with E-state index in [4.69, 9.17) is 0 Å². The third-order valence-electron chi connectivity index (χ3n) is 3.72. The highest BCUT2D eigenvalue weighted by atomic mass is 127. The van der Waals surface area contributed by atoms with E-state index >= 15 is 0 Å². The van der Waals surface area contributed by atoms with Crippen molar-refractivity contribution in [1.29, 1.82) is 0 Å². The maximum atomic E-state index is 4.37. The number of aromatic nitrogens is 2. The molecule has 2 aromatic heterocycles. The van der Waals surface area contributed by atoms with Gasteiger partial charge in [-0.3, -0.25) is 9.97 Å². The second-order valence-electron chi connectivity index (χ2n) is 5.46. The van der Waals surface area contributed by atoms with Gasteiger partial charge in [0.1, 0.15) is 0 Å². The maximum Gasteiger partial charge on any atom is 0.0753 e. The number of benzene rings is 1. The van der Waals surface area contributed by atoms with Gasteiger partial charge in [0.05, 0.1) is 5.52 Å². The summed E-state index contributed by atoms with van der Waals surface area (Å²) in [5.41, 5.74) is 3.47. The van der Waals surface area contributed by atoms with Crippen LogP contribution in [0.25, 0.3) is 10.9 Å². The number of nitrogens with zero attached hydrogens (tertiary/aromatic N) is 2. The Bertz CT molecular complexity index is 750. The first-order chi connectivity index (χ1) is 10.7. The fourth-order valence-corrected chi connectivity index (χ4v) is 2.85. The number of hydrogen-bond donors (Lipinski definition) is 1. The summed E-state index contributed by atoms with van der Waals surface area (Å²) in [4.78, 5) is 8.57. The van der Waals surface area contributed by atoms with Gasteiger partial charge >= 0.3 is 0 Å². The Labute approximate surface area is 144 Å². The summed E-state index contributed by atoms with van der Waals surface area (Å²) in [5.74, 6) is 0. The average molecular weight is 403 g/mol. The van der Waals surface area contributed by atoms with Crippen LogP contribution < -0.4 is 5.32 Å². The molecule has 3 nitrogen and oxygen atoms in total. The molecule has 0 bridgehead atoms. The van der Waals surface area contributed by atoms with Gasteiger partial charge in [-0.2, -0.15) is 0 Å². The van der Waals surface area contributed by atoms with E-state index in [1.165, 1.54) is 9.13 Å². The second kappa shape index (κ2) is 7.05. The predicted molar refractivity (Wildman–Crippen MR) is 100 cm³/mol. The maximum absolute atomic E-state index is 4.37. The molecule has 1 aromatic carbocycles. The van der Waals surface area contributed by atoms with Gasteiger partial charge in [-0.1, -0.05) is 12.1 Å². The second-order valence-corrected chi connectivity index (χ2v) is 6.71. The van der Waals surface area contributed by atoms with Crippen molar-refractivity contribution in [1.82, 2.24) is 9.97 Å². The van der Waals surface area contributed by atoms with Crippen molar-refractivity contribution in [2.75, 3.05) is 5.32 Å². The minimum absolute atomic E-state index is 0.394. The molecule has 0 saturated heterocycles. The summed E-state index contributed by atoms with van der Waals surface area (Å²) < 4.78 is 1.28. The van der Waals surface area contributed by atoms with Gasteiger partial charge in [-0.15, -0.1) is 0 Å². The molecule has 2 heterocycles. The highest BCUT2D eigenvalue weighted by Gasteiger charge is 2.06. The van der Waals surface area contributed by atoms with Gasteiger partial charge in [0.25, 0.3) is 0 Å². The lowest BCUT2D eigenvalue weighted by Crippen LogP contribution is -2.16. The normalized spacial score (nSPS) is 12.3. The Kier molecular flexibility index (Phi) is 4.87. The molecule has 3 rings (SSSR count). The highest BCUT2D eigenvalue weighted by Crippen LogP contribution is 2.21. The van der Waals surface area contributed by atoms with Crippen LogP contribution in [0, 0.1) is 3.57 Å². The van der Waals surface area contributed by atoms with E-state index in [0.29, 0.717) is 6.04 Å². The monoisotopic (exact) mass is 403 g/mol. The standard InChI is InChI=1S/C18H18IN3/c1-13(2-3-14-4-6-15(19)7-5-14)22-18-9-11-21-17-8-10-20-12-16(17)18/h4-13H,2-3H2,1H3,(H,21,22). The van der Waals surface area contributed by atoms with Crippen LogP contribution in [0.1, 0.15) is 18.9 Å². The number of pyridine rings is 2. The Morgan fingerprint density at radius 1 is 1.09 bits per heavy atom. The van der Waals surface area contributed by atoms with Crippen molar-refractivity contribution in [3.05, 3.63) is 64.1 Å². The van der Waals surface area contributed by atoms with Crippen LogP contribution in [0.5, 0.6) is 0 Å². The summed E-state index contributed by atoms with van der Waals surface area (Å²) in [6, 6.07) is 13.1. The van der Waals surface area contributed by atoms with Crippen LogP contribution in [0.2, 0.25) is 0 Å². The molecule has 3 aromatic rings. The number of fused-ring (bicyclic) bond motifs is 1. The zero-order valence-corrected chi connectivity index (χ0v) is 14.6. The van der Waals surface area contributed by atoms with Crippen molar-refractivity contribution in [2.24, 2.45) is 0 Å². The van der Waals surface area contributed by atoms with Crippen molar-refractivity contribution < 1.29 is 0 Å². The van der Waals surface area contributed by atoms with Crippen LogP contribution >= 0.6 is 22.6 Å². The summed E-state index contributed by atoms with van der Waals surface area (Å²) in [7, 11) is 0.